The van der Waals surface area contributed by atoms with Gasteiger partial charge in [0.1, 0.15) is 0 Å². The first kappa shape index (κ1) is 11.4. The van der Waals surface area contributed by atoms with E-state index in [9.17, 15) is 4.79 Å². The predicted octanol–water partition coefficient (Wildman–Crippen LogP) is 0.971. The first-order chi connectivity index (χ1) is 8.19. The van der Waals surface area contributed by atoms with E-state index in [1.54, 1.807) is 12.4 Å². The van der Waals surface area contributed by atoms with Crippen molar-refractivity contribution < 1.29 is 5.11 Å². The van der Waals surface area contributed by atoms with Crippen molar-refractivity contribution in [3.63, 3.8) is 0 Å². The standard InChI is InChI=1S/C13H14N2O2/c14-12-8-15(6-5-13(12)17)7-10-1-3-11(9-16)4-2-10/h1-6,8,16H,7,9,14H2. The van der Waals surface area contributed by atoms with Gasteiger partial charge in [0.25, 0.3) is 0 Å². The molecule has 3 N–H and O–H groups in total. The lowest BCUT2D eigenvalue weighted by molar-refractivity contribution is 0.282. The Bertz CT molecular complexity index is 558. The topological polar surface area (TPSA) is 68.2 Å². The number of aliphatic hydroxyl groups is 1. The largest absolute Gasteiger partial charge is 0.394 e. The zero-order chi connectivity index (χ0) is 12.3. The number of benzene rings is 1. The second-order valence-electron chi connectivity index (χ2n) is 3.91. The first-order valence-electron chi connectivity index (χ1n) is 5.33. The number of nitrogens with zero attached hydrogens (tertiary/aromatic N) is 1. The second kappa shape index (κ2) is 4.84. The molecule has 0 spiro atoms. The maximum atomic E-state index is 11.1. The van der Waals surface area contributed by atoms with Gasteiger partial charge in [-0.3, -0.25) is 4.79 Å². The summed E-state index contributed by atoms with van der Waals surface area (Å²) in [5, 5.41) is 8.93. The fraction of sp³-hybridized carbons (Fsp3) is 0.154. The zero-order valence-electron chi connectivity index (χ0n) is 9.34. The fourth-order valence-corrected chi connectivity index (χ4v) is 1.60. The van der Waals surface area contributed by atoms with E-state index in [-0.39, 0.29) is 17.7 Å². The van der Waals surface area contributed by atoms with Crippen molar-refractivity contribution >= 4 is 5.69 Å². The Labute approximate surface area is 98.9 Å². The van der Waals surface area contributed by atoms with Gasteiger partial charge in [0, 0.05) is 25.0 Å². The number of hydrogen-bond acceptors (Lipinski definition) is 3. The smallest absolute Gasteiger partial charge is 0.204 e. The van der Waals surface area contributed by atoms with Crippen LogP contribution in [0.25, 0.3) is 0 Å². The van der Waals surface area contributed by atoms with E-state index in [0.717, 1.165) is 11.1 Å². The van der Waals surface area contributed by atoms with E-state index < -0.39 is 0 Å². The van der Waals surface area contributed by atoms with E-state index in [2.05, 4.69) is 0 Å². The van der Waals surface area contributed by atoms with Crippen LogP contribution in [-0.2, 0) is 13.2 Å². The van der Waals surface area contributed by atoms with Gasteiger partial charge in [0.05, 0.1) is 12.3 Å². The highest BCUT2D eigenvalue weighted by atomic mass is 16.3. The minimum absolute atomic E-state index is 0.0469. The summed E-state index contributed by atoms with van der Waals surface area (Å²) in [6, 6.07) is 9.10. The summed E-state index contributed by atoms with van der Waals surface area (Å²) in [6.45, 7) is 0.696. The molecule has 0 unspecified atom stereocenters. The Hall–Kier alpha value is -2.07. The Kier molecular flexibility index (Phi) is 3.25. The van der Waals surface area contributed by atoms with Crippen molar-refractivity contribution in [2.24, 2.45) is 0 Å². The van der Waals surface area contributed by atoms with Crippen LogP contribution in [0.4, 0.5) is 5.69 Å². The number of rotatable bonds is 3. The average molecular weight is 230 g/mol. The quantitative estimate of drug-likeness (QED) is 0.825. The van der Waals surface area contributed by atoms with Gasteiger partial charge in [0.15, 0.2) is 0 Å². The summed E-state index contributed by atoms with van der Waals surface area (Å²) in [7, 11) is 0. The lowest BCUT2D eigenvalue weighted by Crippen LogP contribution is -2.11. The Morgan fingerprint density at radius 3 is 2.35 bits per heavy atom. The van der Waals surface area contributed by atoms with E-state index >= 15 is 0 Å². The Balaban J connectivity index is 2.19. The van der Waals surface area contributed by atoms with Gasteiger partial charge in [-0.05, 0) is 11.1 Å². The van der Waals surface area contributed by atoms with Crippen LogP contribution in [-0.4, -0.2) is 9.67 Å². The van der Waals surface area contributed by atoms with Crippen LogP contribution >= 0.6 is 0 Å². The molecule has 2 aromatic rings. The number of pyridine rings is 1. The maximum absolute atomic E-state index is 11.1. The van der Waals surface area contributed by atoms with Crippen LogP contribution in [0.5, 0.6) is 0 Å². The monoisotopic (exact) mass is 230 g/mol. The summed E-state index contributed by atoms with van der Waals surface area (Å²) < 4.78 is 1.85. The highest BCUT2D eigenvalue weighted by molar-refractivity contribution is 5.34. The van der Waals surface area contributed by atoms with Crippen molar-refractivity contribution in [2.45, 2.75) is 13.2 Å². The highest BCUT2D eigenvalue weighted by Gasteiger charge is 1.97. The molecule has 0 atom stereocenters. The van der Waals surface area contributed by atoms with Crippen LogP contribution in [0, 0.1) is 0 Å². The molecular formula is C13H14N2O2. The van der Waals surface area contributed by atoms with E-state index in [4.69, 9.17) is 10.8 Å². The second-order valence-corrected chi connectivity index (χ2v) is 3.91. The van der Waals surface area contributed by atoms with Gasteiger partial charge in [-0.2, -0.15) is 0 Å². The third kappa shape index (κ3) is 2.73. The number of aliphatic hydroxyl groups excluding tert-OH is 1. The fourth-order valence-electron chi connectivity index (χ4n) is 1.60. The summed E-state index contributed by atoms with van der Waals surface area (Å²) in [6.07, 6.45) is 3.33. The van der Waals surface area contributed by atoms with Gasteiger partial charge in [-0.25, -0.2) is 0 Å². The molecule has 0 fully saturated rings. The van der Waals surface area contributed by atoms with Crippen LogP contribution in [0.3, 0.4) is 0 Å². The number of aromatic nitrogens is 1. The van der Waals surface area contributed by atoms with Gasteiger partial charge < -0.3 is 15.4 Å². The molecule has 1 heterocycles. The molecule has 1 aromatic carbocycles. The van der Waals surface area contributed by atoms with Gasteiger partial charge in [-0.1, -0.05) is 24.3 Å². The predicted molar refractivity (Wildman–Crippen MR) is 66.6 cm³/mol. The minimum Gasteiger partial charge on any atom is -0.394 e. The molecule has 17 heavy (non-hydrogen) atoms. The Morgan fingerprint density at radius 2 is 1.76 bits per heavy atom. The molecule has 0 amide bonds. The van der Waals surface area contributed by atoms with Gasteiger partial charge >= 0.3 is 0 Å². The van der Waals surface area contributed by atoms with E-state index in [1.807, 2.05) is 28.8 Å². The SMILES string of the molecule is Nc1cn(Cc2ccc(CO)cc2)ccc1=O. The molecule has 2 rings (SSSR count). The molecule has 0 saturated carbocycles. The normalized spacial score (nSPS) is 10.4. The van der Waals surface area contributed by atoms with Crippen LogP contribution in [0.2, 0.25) is 0 Å². The van der Waals surface area contributed by atoms with Crippen molar-refractivity contribution in [3.05, 3.63) is 64.1 Å². The third-order valence-electron chi connectivity index (χ3n) is 2.58. The number of anilines is 1. The average Bonchev–Trinajstić information content (AvgIpc) is 2.35. The molecular weight excluding hydrogens is 216 g/mol. The van der Waals surface area contributed by atoms with Crippen LogP contribution in [0.15, 0.2) is 47.5 Å². The number of nitrogens with two attached hydrogens (primary N) is 1. The molecule has 0 radical (unpaired) electrons. The van der Waals surface area contributed by atoms with Gasteiger partial charge in [0.2, 0.25) is 5.43 Å². The summed E-state index contributed by atoms with van der Waals surface area (Å²) >= 11 is 0. The molecule has 0 aliphatic heterocycles. The molecule has 4 heteroatoms. The van der Waals surface area contributed by atoms with E-state index in [1.165, 1.54) is 6.07 Å². The van der Waals surface area contributed by atoms with Crippen molar-refractivity contribution in [1.82, 2.24) is 4.57 Å². The van der Waals surface area contributed by atoms with E-state index in [0.29, 0.717) is 6.54 Å². The maximum Gasteiger partial charge on any atom is 0.204 e. The molecule has 88 valence electrons. The molecule has 0 aliphatic carbocycles. The molecule has 0 bridgehead atoms. The van der Waals surface area contributed by atoms with Crippen molar-refractivity contribution in [1.29, 1.82) is 0 Å². The highest BCUT2D eigenvalue weighted by Crippen LogP contribution is 2.06. The van der Waals surface area contributed by atoms with Gasteiger partial charge in [-0.15, -0.1) is 0 Å². The zero-order valence-corrected chi connectivity index (χ0v) is 9.34. The summed E-state index contributed by atoms with van der Waals surface area (Å²) in [5.41, 5.74) is 7.62. The lowest BCUT2D eigenvalue weighted by atomic mass is 10.1. The van der Waals surface area contributed by atoms with Crippen LogP contribution < -0.4 is 11.2 Å². The van der Waals surface area contributed by atoms with Crippen molar-refractivity contribution in [2.75, 3.05) is 5.73 Å². The summed E-state index contributed by atoms with van der Waals surface area (Å²) in [5.74, 6) is 0. The minimum atomic E-state index is -0.156. The lowest BCUT2D eigenvalue weighted by Gasteiger charge is -2.07. The number of hydrogen-bond donors (Lipinski definition) is 2. The summed E-state index contributed by atoms with van der Waals surface area (Å²) in [4.78, 5) is 11.1. The number of nitrogen functional groups attached to an aromatic ring is 1. The van der Waals surface area contributed by atoms with Crippen LogP contribution in [0.1, 0.15) is 11.1 Å². The Morgan fingerprint density at radius 1 is 1.12 bits per heavy atom. The molecule has 0 saturated heterocycles. The molecule has 4 nitrogen and oxygen atoms in total. The third-order valence-corrected chi connectivity index (χ3v) is 2.58. The van der Waals surface area contributed by atoms with Crippen molar-refractivity contribution in [3.8, 4) is 0 Å². The first-order valence-corrected chi connectivity index (χ1v) is 5.33. The molecule has 1 aromatic heterocycles. The molecule has 0 aliphatic rings.